The molecule has 2 aliphatic heterocycles. The first-order chi connectivity index (χ1) is 18.8. The van der Waals surface area contributed by atoms with Crippen LogP contribution in [-0.4, -0.2) is 64.2 Å². The smallest absolute Gasteiger partial charge is 0.372 e. The predicted octanol–water partition coefficient (Wildman–Crippen LogP) is 5.66. The molecule has 1 aromatic carbocycles. The number of benzene rings is 1. The van der Waals surface area contributed by atoms with Crippen LogP contribution in [0.5, 0.6) is 0 Å². The van der Waals surface area contributed by atoms with Crippen LogP contribution >= 0.6 is 0 Å². The van der Waals surface area contributed by atoms with Gasteiger partial charge in [0.2, 0.25) is 0 Å². The SMILES string of the molecule is C=Cc1c(NC)ncnc1N1CCC(c2nc(-c3ccc(F)c(C(F)(F)F)c3)cn2CCN2CCCC2)CC1. The Morgan fingerprint density at radius 2 is 1.82 bits per heavy atom. The predicted molar refractivity (Wildman–Crippen MR) is 144 cm³/mol. The minimum absolute atomic E-state index is 0.133. The number of anilines is 2. The van der Waals surface area contributed by atoms with Crippen LogP contribution in [0, 0.1) is 5.82 Å². The number of piperidine rings is 1. The van der Waals surface area contributed by atoms with Crippen LogP contribution in [0.2, 0.25) is 0 Å². The molecule has 7 nitrogen and oxygen atoms in total. The summed E-state index contributed by atoms with van der Waals surface area (Å²) in [7, 11) is 1.81. The monoisotopic (exact) mass is 543 g/mol. The first-order valence-corrected chi connectivity index (χ1v) is 13.3. The number of halogens is 4. The third kappa shape index (κ3) is 5.78. The summed E-state index contributed by atoms with van der Waals surface area (Å²) in [6, 6.07) is 3.10. The number of hydrogen-bond acceptors (Lipinski definition) is 6. The van der Waals surface area contributed by atoms with Gasteiger partial charge in [-0.25, -0.2) is 19.3 Å². The molecule has 0 aliphatic carbocycles. The van der Waals surface area contributed by atoms with E-state index in [4.69, 9.17) is 4.98 Å². The summed E-state index contributed by atoms with van der Waals surface area (Å²) in [5, 5.41) is 3.08. The Morgan fingerprint density at radius 1 is 1.08 bits per heavy atom. The van der Waals surface area contributed by atoms with Gasteiger partial charge in [-0.05, 0) is 57.0 Å². The molecular formula is C28H33F4N7. The maximum Gasteiger partial charge on any atom is 0.419 e. The van der Waals surface area contributed by atoms with E-state index in [1.165, 1.54) is 25.2 Å². The number of nitrogens with zero attached hydrogens (tertiary/aromatic N) is 6. The van der Waals surface area contributed by atoms with E-state index in [-0.39, 0.29) is 11.5 Å². The summed E-state index contributed by atoms with van der Waals surface area (Å²) < 4.78 is 56.2. The fourth-order valence-electron chi connectivity index (χ4n) is 5.61. The van der Waals surface area contributed by atoms with Gasteiger partial charge in [0.1, 0.15) is 29.6 Å². The highest BCUT2D eigenvalue weighted by Crippen LogP contribution is 2.36. The van der Waals surface area contributed by atoms with Gasteiger partial charge in [-0.2, -0.15) is 13.2 Å². The van der Waals surface area contributed by atoms with Crippen molar-refractivity contribution in [3.63, 3.8) is 0 Å². The van der Waals surface area contributed by atoms with Crippen molar-refractivity contribution in [3.8, 4) is 11.3 Å². The van der Waals surface area contributed by atoms with Gasteiger partial charge in [0.25, 0.3) is 0 Å². The van der Waals surface area contributed by atoms with Gasteiger partial charge >= 0.3 is 6.18 Å². The van der Waals surface area contributed by atoms with Gasteiger partial charge in [0.05, 0.1) is 16.8 Å². The molecule has 4 heterocycles. The molecule has 208 valence electrons. The van der Waals surface area contributed by atoms with Gasteiger partial charge in [-0.1, -0.05) is 12.7 Å². The van der Waals surface area contributed by atoms with Crippen LogP contribution < -0.4 is 10.2 Å². The molecule has 1 N–H and O–H groups in total. The maximum atomic E-state index is 14.0. The Kier molecular flexibility index (Phi) is 7.88. The van der Waals surface area contributed by atoms with E-state index < -0.39 is 17.6 Å². The van der Waals surface area contributed by atoms with E-state index in [2.05, 4.69) is 36.2 Å². The van der Waals surface area contributed by atoms with Crippen molar-refractivity contribution in [1.82, 2.24) is 24.4 Å². The quantitative estimate of drug-likeness (QED) is 0.370. The number of aromatic nitrogens is 4. The van der Waals surface area contributed by atoms with Crippen LogP contribution in [0.3, 0.4) is 0 Å². The van der Waals surface area contributed by atoms with Crippen molar-refractivity contribution in [3.05, 3.63) is 60.1 Å². The van der Waals surface area contributed by atoms with Crippen molar-refractivity contribution in [2.45, 2.75) is 44.3 Å². The number of rotatable bonds is 8. The fraction of sp³-hybridized carbons (Fsp3) is 0.464. The molecule has 5 rings (SSSR count). The highest BCUT2D eigenvalue weighted by Gasteiger charge is 2.35. The van der Waals surface area contributed by atoms with Gasteiger partial charge < -0.3 is 19.7 Å². The Bertz CT molecular complexity index is 1310. The summed E-state index contributed by atoms with van der Waals surface area (Å²) in [4.78, 5) is 18.2. The maximum absolute atomic E-state index is 14.0. The van der Waals surface area contributed by atoms with E-state index >= 15 is 0 Å². The Balaban J connectivity index is 1.40. The average Bonchev–Trinajstić information content (AvgIpc) is 3.61. The molecule has 3 aromatic rings. The molecule has 2 aromatic heterocycles. The lowest BCUT2D eigenvalue weighted by atomic mass is 9.95. The molecule has 0 radical (unpaired) electrons. The van der Waals surface area contributed by atoms with Crippen molar-refractivity contribution in [1.29, 1.82) is 0 Å². The van der Waals surface area contributed by atoms with Crippen molar-refractivity contribution >= 4 is 17.7 Å². The number of imidazole rings is 1. The second-order valence-electron chi connectivity index (χ2n) is 10.1. The minimum Gasteiger partial charge on any atom is -0.372 e. The molecule has 0 saturated carbocycles. The zero-order valence-electron chi connectivity index (χ0n) is 22.0. The molecule has 0 spiro atoms. The highest BCUT2D eigenvalue weighted by molar-refractivity contribution is 5.72. The number of nitrogens with one attached hydrogen (secondary N) is 1. The molecule has 2 saturated heterocycles. The highest BCUT2D eigenvalue weighted by atomic mass is 19.4. The van der Waals surface area contributed by atoms with Gasteiger partial charge in [0, 0.05) is 50.9 Å². The zero-order valence-corrected chi connectivity index (χ0v) is 22.0. The second kappa shape index (κ2) is 11.3. The lowest BCUT2D eigenvalue weighted by Gasteiger charge is -2.33. The number of likely N-dealkylation sites (tertiary alicyclic amines) is 1. The number of alkyl halides is 3. The third-order valence-electron chi connectivity index (χ3n) is 7.69. The molecule has 0 atom stereocenters. The first-order valence-electron chi connectivity index (χ1n) is 13.3. The van der Waals surface area contributed by atoms with Gasteiger partial charge in [-0.15, -0.1) is 0 Å². The minimum atomic E-state index is -4.77. The van der Waals surface area contributed by atoms with E-state index in [9.17, 15) is 17.6 Å². The summed E-state index contributed by atoms with van der Waals surface area (Å²) in [6.45, 7) is 9.08. The van der Waals surface area contributed by atoms with Crippen LogP contribution in [-0.2, 0) is 12.7 Å². The van der Waals surface area contributed by atoms with Gasteiger partial charge in [-0.3, -0.25) is 0 Å². The van der Waals surface area contributed by atoms with Crippen LogP contribution in [0.25, 0.3) is 17.3 Å². The third-order valence-corrected chi connectivity index (χ3v) is 7.69. The average molecular weight is 544 g/mol. The Labute approximate surface area is 225 Å². The lowest BCUT2D eigenvalue weighted by Crippen LogP contribution is -2.35. The lowest BCUT2D eigenvalue weighted by molar-refractivity contribution is -0.139. The van der Waals surface area contributed by atoms with E-state index in [1.807, 2.05) is 13.2 Å². The molecule has 0 unspecified atom stereocenters. The molecule has 0 amide bonds. The van der Waals surface area contributed by atoms with Gasteiger partial charge in [0.15, 0.2) is 0 Å². The van der Waals surface area contributed by atoms with Crippen LogP contribution in [0.15, 0.2) is 37.3 Å². The van der Waals surface area contributed by atoms with Crippen LogP contribution in [0.4, 0.5) is 29.2 Å². The summed E-state index contributed by atoms with van der Waals surface area (Å²) >= 11 is 0. The topological polar surface area (TPSA) is 62.1 Å². The molecule has 0 bridgehead atoms. The largest absolute Gasteiger partial charge is 0.419 e. The molecule has 39 heavy (non-hydrogen) atoms. The summed E-state index contributed by atoms with van der Waals surface area (Å²) in [6.07, 6.45) is 4.33. The Hall–Kier alpha value is -3.47. The first kappa shape index (κ1) is 27.1. The number of hydrogen-bond donors (Lipinski definition) is 1. The van der Waals surface area contributed by atoms with Crippen molar-refractivity contribution < 1.29 is 17.6 Å². The van der Waals surface area contributed by atoms with Crippen LogP contribution in [0.1, 0.15) is 48.6 Å². The normalized spacial score (nSPS) is 17.1. The summed E-state index contributed by atoms with van der Waals surface area (Å²) in [5.74, 6) is 1.26. The zero-order chi connectivity index (χ0) is 27.6. The second-order valence-corrected chi connectivity index (χ2v) is 10.1. The van der Waals surface area contributed by atoms with E-state index in [0.717, 1.165) is 80.7 Å². The molecular weight excluding hydrogens is 510 g/mol. The Morgan fingerprint density at radius 3 is 2.49 bits per heavy atom. The molecule has 11 heteroatoms. The molecule has 2 aliphatic rings. The summed E-state index contributed by atoms with van der Waals surface area (Å²) in [5.41, 5.74) is 0.274. The van der Waals surface area contributed by atoms with Crippen molar-refractivity contribution in [2.75, 3.05) is 50.0 Å². The fourth-order valence-corrected chi connectivity index (χ4v) is 5.61. The van der Waals surface area contributed by atoms with E-state index in [0.29, 0.717) is 12.2 Å². The van der Waals surface area contributed by atoms with Crippen molar-refractivity contribution in [2.24, 2.45) is 0 Å². The molecule has 2 fully saturated rings. The standard InChI is InChI=1S/C28H33F4N7/c1-3-21-25(33-2)34-18-35-27(21)38-12-8-19(9-13-38)26-36-24(17-39(26)15-14-37-10-4-5-11-37)20-6-7-23(29)22(16-20)28(30,31)32/h3,6-7,16-19H,1,4-5,8-15H2,2H3,(H,33,34,35). The van der Waals surface area contributed by atoms with E-state index in [1.54, 1.807) is 6.08 Å².